The molecular weight excluding hydrogens is 533 g/mol. The predicted octanol–water partition coefficient (Wildman–Crippen LogP) is 3.24. The average molecular weight is 562 g/mol. The summed E-state index contributed by atoms with van der Waals surface area (Å²) in [5, 5.41) is 15.4. The Balaban J connectivity index is 1.34. The number of nitrogens with one attached hydrogen (secondary N) is 1. The van der Waals surface area contributed by atoms with E-state index >= 15 is 0 Å². The summed E-state index contributed by atoms with van der Waals surface area (Å²) in [5.74, 6) is 0.868. The minimum absolute atomic E-state index is 0.0967. The van der Waals surface area contributed by atoms with Gasteiger partial charge in [-0.15, -0.1) is 0 Å². The Morgan fingerprint density at radius 1 is 1.10 bits per heavy atom. The van der Waals surface area contributed by atoms with E-state index in [1.807, 2.05) is 5.01 Å². The van der Waals surface area contributed by atoms with E-state index in [-0.39, 0.29) is 17.3 Å². The summed E-state index contributed by atoms with van der Waals surface area (Å²) in [6.07, 6.45) is 1.12. The number of hydrogen-bond acceptors (Lipinski definition) is 9. The molecule has 0 aliphatic carbocycles. The van der Waals surface area contributed by atoms with Crippen molar-refractivity contribution in [3.05, 3.63) is 86.3 Å². The van der Waals surface area contributed by atoms with Gasteiger partial charge in [0.15, 0.2) is 0 Å². The number of nitrogens with two attached hydrogens (primary N) is 1. The topological polar surface area (TPSA) is 129 Å². The van der Waals surface area contributed by atoms with E-state index in [9.17, 15) is 14.4 Å². The Labute approximate surface area is 235 Å². The third kappa shape index (κ3) is 5.83. The first kappa shape index (κ1) is 27.3. The molecule has 0 amide bonds. The number of halogens is 2. The van der Waals surface area contributed by atoms with Gasteiger partial charge in [0.1, 0.15) is 29.1 Å². The van der Waals surface area contributed by atoms with E-state index in [1.54, 1.807) is 41.9 Å². The van der Waals surface area contributed by atoms with Gasteiger partial charge in [0.2, 0.25) is 5.95 Å². The van der Waals surface area contributed by atoms with Gasteiger partial charge in [-0.1, -0.05) is 29.8 Å². The first-order valence-electron chi connectivity index (χ1n) is 13.0. The number of anilines is 2. The second kappa shape index (κ2) is 11.9. The molecule has 0 saturated carbocycles. The van der Waals surface area contributed by atoms with Crippen molar-refractivity contribution in [2.75, 3.05) is 48.8 Å². The Hall–Kier alpha value is -4.27. The van der Waals surface area contributed by atoms with Crippen molar-refractivity contribution in [2.24, 2.45) is 0 Å². The van der Waals surface area contributed by atoms with Gasteiger partial charge in [-0.2, -0.15) is 10.2 Å². The number of aryl methyl sites for hydroxylation is 2. The van der Waals surface area contributed by atoms with Gasteiger partial charge in [-0.25, -0.2) is 19.0 Å². The summed E-state index contributed by atoms with van der Waals surface area (Å²) in [5.41, 5.74) is 8.03. The molecule has 2 aromatic carbocycles. The number of nitrogens with zero attached hydrogens (tertiary/aromatic N) is 7. The molecule has 1 aliphatic heterocycles. The monoisotopic (exact) mass is 561 g/mol. The highest BCUT2D eigenvalue weighted by Gasteiger charge is 2.23. The first-order valence-corrected chi connectivity index (χ1v) is 13.4. The van der Waals surface area contributed by atoms with Crippen molar-refractivity contribution in [2.45, 2.75) is 26.3 Å². The van der Waals surface area contributed by atoms with Gasteiger partial charge in [-0.05, 0) is 43.2 Å². The highest BCUT2D eigenvalue weighted by atomic mass is 35.5. The average Bonchev–Trinajstić information content (AvgIpc) is 2.93. The molecule has 0 unspecified atom stereocenters. The smallest absolute Gasteiger partial charge is 0.281 e. The molecular formula is C28H29ClFN9O. The van der Waals surface area contributed by atoms with Crippen molar-refractivity contribution in [1.82, 2.24) is 24.5 Å². The summed E-state index contributed by atoms with van der Waals surface area (Å²) >= 11 is 6.43. The lowest BCUT2D eigenvalue weighted by Crippen LogP contribution is -2.54. The standard InChI is InChI=1S/C28H29ClFN9O/c1-18-21(16-31)26(36-28(32)34-18)33-11-3-6-24-35-23-5-2-4-22(29)25(23)27(40)39(24)38-14-12-37(13-15-38)17-19-7-9-20(30)10-8-19/h2,4-5,7-10H,3,6,11-15,17H2,1H3,(H3,32,33,34,36). The molecule has 4 aromatic rings. The van der Waals surface area contributed by atoms with Crippen molar-refractivity contribution in [3.8, 4) is 6.07 Å². The fourth-order valence-electron chi connectivity index (χ4n) is 4.93. The summed E-state index contributed by atoms with van der Waals surface area (Å²) in [4.78, 5) is 29.1. The predicted molar refractivity (Wildman–Crippen MR) is 153 cm³/mol. The van der Waals surface area contributed by atoms with Gasteiger partial charge in [0.25, 0.3) is 5.56 Å². The molecule has 1 fully saturated rings. The molecule has 1 saturated heterocycles. The summed E-state index contributed by atoms with van der Waals surface area (Å²) in [6.45, 7) is 5.61. The van der Waals surface area contributed by atoms with Gasteiger partial charge in [0, 0.05) is 45.7 Å². The summed E-state index contributed by atoms with van der Waals surface area (Å²) < 4.78 is 15.0. The van der Waals surface area contributed by atoms with E-state index in [0.29, 0.717) is 77.8 Å². The minimum atomic E-state index is -0.250. The number of piperazine rings is 1. The maximum atomic E-state index is 13.8. The van der Waals surface area contributed by atoms with Gasteiger partial charge >= 0.3 is 0 Å². The summed E-state index contributed by atoms with van der Waals surface area (Å²) in [6, 6.07) is 13.9. The molecule has 3 heterocycles. The van der Waals surface area contributed by atoms with Crippen LogP contribution < -0.4 is 21.6 Å². The second-order valence-corrected chi connectivity index (χ2v) is 10.1. The van der Waals surface area contributed by atoms with Crippen LogP contribution in [0, 0.1) is 24.1 Å². The molecule has 40 heavy (non-hydrogen) atoms. The lowest BCUT2D eigenvalue weighted by molar-refractivity contribution is 0.229. The van der Waals surface area contributed by atoms with Crippen molar-refractivity contribution < 1.29 is 4.39 Å². The number of benzene rings is 2. The molecule has 0 radical (unpaired) electrons. The van der Waals surface area contributed by atoms with E-state index in [0.717, 1.165) is 18.7 Å². The molecule has 12 heteroatoms. The number of aromatic nitrogens is 4. The molecule has 0 atom stereocenters. The maximum absolute atomic E-state index is 13.8. The number of rotatable bonds is 8. The minimum Gasteiger partial charge on any atom is -0.369 e. The van der Waals surface area contributed by atoms with E-state index in [2.05, 4.69) is 26.3 Å². The van der Waals surface area contributed by atoms with Crippen LogP contribution in [0.25, 0.3) is 10.9 Å². The highest BCUT2D eigenvalue weighted by Crippen LogP contribution is 2.20. The number of nitrogen functional groups attached to an aromatic ring is 1. The quantitative estimate of drug-likeness (QED) is 0.311. The zero-order valence-electron chi connectivity index (χ0n) is 22.1. The van der Waals surface area contributed by atoms with Crippen molar-refractivity contribution >= 4 is 34.3 Å². The number of nitriles is 1. The fraction of sp³-hybridized carbons (Fsp3) is 0.321. The molecule has 0 bridgehead atoms. The van der Waals surface area contributed by atoms with Crippen LogP contribution in [0.5, 0.6) is 0 Å². The normalized spacial score (nSPS) is 13.9. The molecule has 2 aromatic heterocycles. The van der Waals surface area contributed by atoms with Crippen LogP contribution in [0.3, 0.4) is 0 Å². The van der Waals surface area contributed by atoms with Crippen LogP contribution in [-0.4, -0.2) is 57.3 Å². The lowest BCUT2D eigenvalue weighted by atomic mass is 10.2. The van der Waals surface area contributed by atoms with Crippen LogP contribution in [0.15, 0.2) is 47.3 Å². The highest BCUT2D eigenvalue weighted by molar-refractivity contribution is 6.35. The zero-order chi connectivity index (χ0) is 28.2. The largest absolute Gasteiger partial charge is 0.369 e. The van der Waals surface area contributed by atoms with Crippen molar-refractivity contribution in [3.63, 3.8) is 0 Å². The van der Waals surface area contributed by atoms with Crippen LogP contribution in [-0.2, 0) is 13.0 Å². The van der Waals surface area contributed by atoms with Crippen LogP contribution in [0.2, 0.25) is 5.02 Å². The third-order valence-electron chi connectivity index (χ3n) is 6.93. The molecule has 206 valence electrons. The zero-order valence-corrected chi connectivity index (χ0v) is 22.8. The molecule has 1 aliphatic rings. The summed E-state index contributed by atoms with van der Waals surface area (Å²) in [7, 11) is 0. The third-order valence-corrected chi connectivity index (χ3v) is 7.25. The fourth-order valence-corrected chi connectivity index (χ4v) is 5.18. The Morgan fingerprint density at radius 3 is 2.58 bits per heavy atom. The Bertz CT molecular complexity index is 1630. The van der Waals surface area contributed by atoms with Gasteiger partial charge in [-0.3, -0.25) is 9.69 Å². The maximum Gasteiger partial charge on any atom is 0.281 e. The second-order valence-electron chi connectivity index (χ2n) is 9.67. The van der Waals surface area contributed by atoms with Crippen LogP contribution in [0.1, 0.15) is 29.1 Å². The number of fused-ring (bicyclic) bond motifs is 1. The molecule has 0 spiro atoms. The number of hydrogen-bond donors (Lipinski definition) is 2. The SMILES string of the molecule is Cc1nc(N)nc(NCCCc2nc3cccc(Cl)c3c(=O)n2N2CCN(Cc3ccc(F)cc3)CC2)c1C#N. The lowest BCUT2D eigenvalue weighted by Gasteiger charge is -2.37. The van der Waals surface area contributed by atoms with Gasteiger partial charge in [0.05, 0.1) is 21.6 Å². The van der Waals surface area contributed by atoms with E-state index < -0.39 is 0 Å². The molecule has 5 rings (SSSR count). The van der Waals surface area contributed by atoms with Gasteiger partial charge < -0.3 is 16.1 Å². The Morgan fingerprint density at radius 2 is 1.85 bits per heavy atom. The Kier molecular flexibility index (Phi) is 8.09. The van der Waals surface area contributed by atoms with Crippen LogP contribution in [0.4, 0.5) is 16.2 Å². The molecule has 3 N–H and O–H groups in total. The van der Waals surface area contributed by atoms with Crippen LogP contribution >= 0.6 is 11.6 Å². The van der Waals surface area contributed by atoms with E-state index in [4.69, 9.17) is 22.3 Å². The first-order chi connectivity index (χ1) is 19.3. The van der Waals surface area contributed by atoms with E-state index in [1.165, 1.54) is 12.1 Å². The molecule has 10 nitrogen and oxygen atoms in total. The van der Waals surface area contributed by atoms with Crippen molar-refractivity contribution in [1.29, 1.82) is 5.26 Å².